The lowest BCUT2D eigenvalue weighted by molar-refractivity contribution is -0.131. The van der Waals surface area contributed by atoms with Crippen LogP contribution in [0.25, 0.3) is 0 Å². The van der Waals surface area contributed by atoms with Gasteiger partial charge in [-0.25, -0.2) is 0 Å². The number of carbonyl (C=O) groups excluding carboxylic acids is 2. The van der Waals surface area contributed by atoms with Crippen molar-refractivity contribution >= 4 is 11.8 Å². The summed E-state index contributed by atoms with van der Waals surface area (Å²) in [5.41, 5.74) is 5.44. The van der Waals surface area contributed by atoms with Gasteiger partial charge in [-0.2, -0.15) is 0 Å². The number of hydrogen-bond donors (Lipinski definition) is 3. The number of carbonyl (C=O) groups is 2. The molecular formula is C14H27N3O2. The van der Waals surface area contributed by atoms with Crippen LogP contribution in [0.4, 0.5) is 0 Å². The Morgan fingerprint density at radius 2 is 1.84 bits per heavy atom. The second kappa shape index (κ2) is 6.89. The molecule has 1 saturated carbocycles. The fourth-order valence-corrected chi connectivity index (χ4v) is 2.60. The van der Waals surface area contributed by atoms with Crippen LogP contribution in [-0.4, -0.2) is 30.4 Å². The average Bonchev–Trinajstić information content (AvgIpc) is 2.33. The Kier molecular flexibility index (Phi) is 5.79. The second-order valence-electron chi connectivity index (χ2n) is 6.40. The van der Waals surface area contributed by atoms with E-state index in [0.29, 0.717) is 6.54 Å². The molecule has 5 nitrogen and oxygen atoms in total. The maximum absolute atomic E-state index is 12.1. The first-order chi connectivity index (χ1) is 8.83. The molecule has 4 N–H and O–H groups in total. The van der Waals surface area contributed by atoms with Gasteiger partial charge in [-0.05, 0) is 46.1 Å². The molecule has 1 rings (SSSR count). The molecule has 5 heteroatoms. The minimum absolute atomic E-state index is 0.0267. The molecule has 2 unspecified atom stereocenters. The van der Waals surface area contributed by atoms with Crippen molar-refractivity contribution in [2.75, 3.05) is 13.1 Å². The fourth-order valence-electron chi connectivity index (χ4n) is 2.60. The van der Waals surface area contributed by atoms with Crippen LogP contribution in [0.1, 0.15) is 46.5 Å². The Morgan fingerprint density at radius 3 is 2.42 bits per heavy atom. The Morgan fingerprint density at radius 1 is 1.21 bits per heavy atom. The maximum Gasteiger partial charge on any atom is 0.239 e. The predicted octanol–water partition coefficient (Wildman–Crippen LogP) is 0.782. The van der Waals surface area contributed by atoms with Gasteiger partial charge in [0.05, 0.1) is 6.54 Å². The van der Waals surface area contributed by atoms with E-state index in [0.717, 1.165) is 25.7 Å². The van der Waals surface area contributed by atoms with E-state index in [1.165, 1.54) is 0 Å². The van der Waals surface area contributed by atoms with Crippen molar-refractivity contribution in [3.8, 4) is 0 Å². The summed E-state index contributed by atoms with van der Waals surface area (Å²) in [5, 5.41) is 5.56. The van der Waals surface area contributed by atoms with Crippen LogP contribution in [0, 0.1) is 11.8 Å². The standard InChI is InChI=1S/C14H27N3O2/c1-14(2,3)17-12(18)9-16-13(19)11-7-5-4-6-10(11)8-15/h10-11H,4-9,15H2,1-3H3,(H,16,19)(H,17,18). The second-order valence-corrected chi connectivity index (χ2v) is 6.40. The lowest BCUT2D eigenvalue weighted by Crippen LogP contribution is -2.48. The molecule has 0 aromatic carbocycles. The van der Waals surface area contributed by atoms with Gasteiger partial charge in [0.15, 0.2) is 0 Å². The monoisotopic (exact) mass is 269 g/mol. The van der Waals surface area contributed by atoms with Gasteiger partial charge in [-0.1, -0.05) is 12.8 Å². The minimum Gasteiger partial charge on any atom is -0.350 e. The predicted molar refractivity (Wildman–Crippen MR) is 75.4 cm³/mol. The molecule has 0 aromatic rings. The van der Waals surface area contributed by atoms with E-state index in [-0.39, 0.29) is 35.7 Å². The minimum atomic E-state index is -0.271. The van der Waals surface area contributed by atoms with Crippen molar-refractivity contribution in [3.63, 3.8) is 0 Å². The molecule has 2 atom stereocenters. The van der Waals surface area contributed by atoms with Gasteiger partial charge in [0.25, 0.3) is 0 Å². The molecule has 2 amide bonds. The van der Waals surface area contributed by atoms with E-state index in [2.05, 4.69) is 10.6 Å². The van der Waals surface area contributed by atoms with Crippen LogP contribution in [0.3, 0.4) is 0 Å². The lowest BCUT2D eigenvalue weighted by atomic mass is 9.79. The van der Waals surface area contributed by atoms with Crippen molar-refractivity contribution in [3.05, 3.63) is 0 Å². The largest absolute Gasteiger partial charge is 0.350 e. The Balaban J connectivity index is 2.39. The molecule has 1 fully saturated rings. The molecule has 19 heavy (non-hydrogen) atoms. The fraction of sp³-hybridized carbons (Fsp3) is 0.857. The third kappa shape index (κ3) is 5.59. The Hall–Kier alpha value is -1.10. The highest BCUT2D eigenvalue weighted by Crippen LogP contribution is 2.29. The summed E-state index contributed by atoms with van der Waals surface area (Å²) in [6.07, 6.45) is 4.12. The molecule has 0 aromatic heterocycles. The first-order valence-corrected chi connectivity index (χ1v) is 7.12. The average molecular weight is 269 g/mol. The number of hydrogen-bond acceptors (Lipinski definition) is 3. The first kappa shape index (κ1) is 16.0. The van der Waals surface area contributed by atoms with Crippen molar-refractivity contribution < 1.29 is 9.59 Å². The zero-order valence-electron chi connectivity index (χ0n) is 12.3. The van der Waals surface area contributed by atoms with Gasteiger partial charge in [-0.3, -0.25) is 9.59 Å². The molecular weight excluding hydrogens is 242 g/mol. The SMILES string of the molecule is CC(C)(C)NC(=O)CNC(=O)C1CCCCC1CN. The molecule has 0 bridgehead atoms. The topological polar surface area (TPSA) is 84.2 Å². The molecule has 0 spiro atoms. The molecule has 0 aliphatic heterocycles. The van der Waals surface area contributed by atoms with E-state index in [9.17, 15) is 9.59 Å². The van der Waals surface area contributed by atoms with Crippen molar-refractivity contribution in [1.82, 2.24) is 10.6 Å². The third-order valence-corrected chi connectivity index (χ3v) is 3.49. The van der Waals surface area contributed by atoms with Crippen LogP contribution < -0.4 is 16.4 Å². The van der Waals surface area contributed by atoms with Gasteiger partial charge in [0.1, 0.15) is 0 Å². The van der Waals surface area contributed by atoms with Crippen molar-refractivity contribution in [1.29, 1.82) is 0 Å². The highest BCUT2D eigenvalue weighted by molar-refractivity contribution is 5.86. The molecule has 110 valence electrons. The summed E-state index contributed by atoms with van der Waals surface area (Å²) in [6.45, 7) is 6.34. The van der Waals surface area contributed by atoms with E-state index < -0.39 is 0 Å². The maximum atomic E-state index is 12.1. The highest BCUT2D eigenvalue weighted by atomic mass is 16.2. The van der Waals surface area contributed by atoms with Gasteiger partial charge in [0.2, 0.25) is 11.8 Å². The highest BCUT2D eigenvalue weighted by Gasteiger charge is 2.30. The number of nitrogens with two attached hydrogens (primary N) is 1. The van der Waals surface area contributed by atoms with Crippen LogP contribution in [0.2, 0.25) is 0 Å². The molecule has 1 aliphatic carbocycles. The van der Waals surface area contributed by atoms with Crippen LogP contribution in [-0.2, 0) is 9.59 Å². The van der Waals surface area contributed by atoms with Crippen molar-refractivity contribution in [2.45, 2.75) is 52.0 Å². The van der Waals surface area contributed by atoms with Crippen LogP contribution >= 0.6 is 0 Å². The normalized spacial score (nSPS) is 23.8. The lowest BCUT2D eigenvalue weighted by Gasteiger charge is -2.29. The summed E-state index contributed by atoms with van der Waals surface area (Å²) in [4.78, 5) is 23.7. The van der Waals surface area contributed by atoms with Gasteiger partial charge in [0, 0.05) is 11.5 Å². The number of nitrogens with one attached hydrogen (secondary N) is 2. The summed E-state index contributed by atoms with van der Waals surface area (Å²) in [6, 6.07) is 0. The number of rotatable bonds is 4. The van der Waals surface area contributed by atoms with E-state index in [1.54, 1.807) is 0 Å². The summed E-state index contributed by atoms with van der Waals surface area (Å²) in [5.74, 6) is 0.0563. The van der Waals surface area contributed by atoms with Crippen LogP contribution in [0.5, 0.6) is 0 Å². The van der Waals surface area contributed by atoms with E-state index >= 15 is 0 Å². The smallest absolute Gasteiger partial charge is 0.239 e. The van der Waals surface area contributed by atoms with Gasteiger partial charge in [-0.15, -0.1) is 0 Å². The van der Waals surface area contributed by atoms with E-state index in [1.807, 2.05) is 20.8 Å². The third-order valence-electron chi connectivity index (χ3n) is 3.49. The molecule has 0 radical (unpaired) electrons. The molecule has 0 heterocycles. The summed E-state index contributed by atoms with van der Waals surface area (Å²) >= 11 is 0. The van der Waals surface area contributed by atoms with Crippen LogP contribution in [0.15, 0.2) is 0 Å². The number of amides is 2. The summed E-state index contributed by atoms with van der Waals surface area (Å²) in [7, 11) is 0. The molecule has 1 aliphatic rings. The van der Waals surface area contributed by atoms with Gasteiger partial charge >= 0.3 is 0 Å². The zero-order chi connectivity index (χ0) is 14.5. The quantitative estimate of drug-likeness (QED) is 0.705. The summed E-state index contributed by atoms with van der Waals surface area (Å²) < 4.78 is 0. The van der Waals surface area contributed by atoms with E-state index in [4.69, 9.17) is 5.73 Å². The van der Waals surface area contributed by atoms with Gasteiger partial charge < -0.3 is 16.4 Å². The first-order valence-electron chi connectivity index (χ1n) is 7.12. The Labute approximate surface area is 115 Å². The van der Waals surface area contributed by atoms with Crippen molar-refractivity contribution in [2.24, 2.45) is 17.6 Å². The molecule has 0 saturated heterocycles. The zero-order valence-corrected chi connectivity index (χ0v) is 12.3. The Bertz CT molecular complexity index is 323.